The van der Waals surface area contributed by atoms with Gasteiger partial charge in [-0.1, -0.05) is 6.58 Å². The van der Waals surface area contributed by atoms with Crippen LogP contribution in [0.25, 0.3) is 0 Å². The summed E-state index contributed by atoms with van der Waals surface area (Å²) in [5.41, 5.74) is 0. The summed E-state index contributed by atoms with van der Waals surface area (Å²) in [4.78, 5) is 23.1. The number of hydrogen-bond donors (Lipinski definition) is 1. The van der Waals surface area contributed by atoms with Gasteiger partial charge >= 0.3 is 11.9 Å². The van der Waals surface area contributed by atoms with Crippen molar-refractivity contribution in [2.45, 2.75) is 25.4 Å². The maximum absolute atomic E-state index is 11.9. The first-order valence-corrected chi connectivity index (χ1v) is 6.89. The average molecular weight is 270 g/mol. The molecular weight excluding hydrogens is 252 g/mol. The number of esters is 2. The second kappa shape index (κ2) is 5.78. The Morgan fingerprint density at radius 2 is 2.11 bits per heavy atom. The molecule has 0 aromatic carbocycles. The summed E-state index contributed by atoms with van der Waals surface area (Å²) < 4.78 is 10.4. The first-order valence-electron chi connectivity index (χ1n) is 6.26. The minimum Gasteiger partial charge on any atom is -0.465 e. The van der Waals surface area contributed by atoms with Gasteiger partial charge in [-0.3, -0.25) is 4.79 Å². The monoisotopic (exact) mass is 270 g/mol. The normalized spacial score (nSPS) is 33.2. The minimum atomic E-state index is -0.407. The van der Waals surface area contributed by atoms with Crippen molar-refractivity contribution < 1.29 is 19.1 Å². The molecule has 0 aliphatic heterocycles. The number of ether oxygens (including phenoxy) is 2. The van der Waals surface area contributed by atoms with Gasteiger partial charge < -0.3 is 9.47 Å². The zero-order chi connectivity index (χ0) is 13.1. The van der Waals surface area contributed by atoms with Crippen molar-refractivity contribution in [3.05, 3.63) is 12.7 Å². The summed E-state index contributed by atoms with van der Waals surface area (Å²) in [5, 5.41) is 0. The number of thiol groups is 1. The molecule has 2 fully saturated rings. The van der Waals surface area contributed by atoms with Crippen molar-refractivity contribution >= 4 is 24.6 Å². The summed E-state index contributed by atoms with van der Waals surface area (Å²) >= 11 is 4.01. The third kappa shape index (κ3) is 2.71. The molecule has 2 saturated carbocycles. The molecule has 0 saturated heterocycles. The van der Waals surface area contributed by atoms with Crippen molar-refractivity contribution in [3.8, 4) is 0 Å². The van der Waals surface area contributed by atoms with Gasteiger partial charge in [0.25, 0.3) is 0 Å². The van der Waals surface area contributed by atoms with Gasteiger partial charge in [0.2, 0.25) is 0 Å². The van der Waals surface area contributed by atoms with Crippen molar-refractivity contribution in [3.63, 3.8) is 0 Å². The zero-order valence-electron chi connectivity index (χ0n) is 10.2. The van der Waals surface area contributed by atoms with E-state index >= 15 is 0 Å². The van der Waals surface area contributed by atoms with E-state index in [9.17, 15) is 9.59 Å². The van der Waals surface area contributed by atoms with E-state index in [0.29, 0.717) is 18.3 Å². The van der Waals surface area contributed by atoms with E-state index in [4.69, 9.17) is 9.47 Å². The molecule has 4 atom stereocenters. The van der Waals surface area contributed by atoms with Crippen LogP contribution in [0.15, 0.2) is 12.7 Å². The van der Waals surface area contributed by atoms with Crippen LogP contribution in [-0.2, 0) is 19.1 Å². The SMILES string of the molecule is C=CC(=O)OC1CC2CC(C(=O)OCCS)C1C2. The summed E-state index contributed by atoms with van der Waals surface area (Å²) in [7, 11) is 0. The zero-order valence-corrected chi connectivity index (χ0v) is 11.1. The van der Waals surface area contributed by atoms with E-state index < -0.39 is 5.97 Å². The molecular formula is C13H18O4S. The van der Waals surface area contributed by atoms with Gasteiger partial charge in [0.05, 0.1) is 5.92 Å². The molecule has 100 valence electrons. The first-order chi connectivity index (χ1) is 8.65. The quantitative estimate of drug-likeness (QED) is 0.468. The molecule has 0 aromatic rings. The summed E-state index contributed by atoms with van der Waals surface area (Å²) in [6, 6.07) is 0. The number of carbonyl (C=O) groups is 2. The molecule has 0 amide bonds. The largest absolute Gasteiger partial charge is 0.465 e. The summed E-state index contributed by atoms with van der Waals surface area (Å²) in [6.45, 7) is 3.72. The standard InChI is InChI=1S/C13H18O4S/c1-2-12(14)17-11-7-8-5-9(11)10(6-8)13(15)16-3-4-18/h2,8-11,18H,1,3-7H2. The molecule has 0 N–H and O–H groups in total. The Bertz CT molecular complexity index is 355. The van der Waals surface area contributed by atoms with Crippen LogP contribution < -0.4 is 0 Å². The van der Waals surface area contributed by atoms with E-state index in [1.165, 1.54) is 6.08 Å². The average Bonchev–Trinajstić information content (AvgIpc) is 2.95. The van der Waals surface area contributed by atoms with Crippen LogP contribution in [0.2, 0.25) is 0 Å². The Labute approximate surface area is 112 Å². The molecule has 0 aromatic heterocycles. The molecule has 2 rings (SSSR count). The Morgan fingerprint density at radius 1 is 1.33 bits per heavy atom. The fourth-order valence-electron chi connectivity index (χ4n) is 3.14. The van der Waals surface area contributed by atoms with E-state index in [-0.39, 0.29) is 23.9 Å². The van der Waals surface area contributed by atoms with E-state index in [1.54, 1.807) is 0 Å². The lowest BCUT2D eigenvalue weighted by molar-refractivity contribution is -0.157. The molecule has 4 nitrogen and oxygen atoms in total. The predicted octanol–water partition coefficient (Wildman–Crippen LogP) is 1.60. The van der Waals surface area contributed by atoms with Crippen LogP contribution in [0.5, 0.6) is 0 Å². The number of rotatable bonds is 5. The second-order valence-corrected chi connectivity index (χ2v) is 5.36. The topological polar surface area (TPSA) is 52.6 Å². The van der Waals surface area contributed by atoms with Crippen LogP contribution >= 0.6 is 12.6 Å². The molecule has 4 unspecified atom stereocenters. The lowest BCUT2D eigenvalue weighted by atomic mass is 9.86. The van der Waals surface area contributed by atoms with Gasteiger partial charge in [-0.15, -0.1) is 0 Å². The number of fused-ring (bicyclic) bond motifs is 2. The van der Waals surface area contributed by atoms with Gasteiger partial charge in [0.15, 0.2) is 0 Å². The number of carbonyl (C=O) groups excluding carboxylic acids is 2. The van der Waals surface area contributed by atoms with Crippen LogP contribution in [0.4, 0.5) is 0 Å². The van der Waals surface area contributed by atoms with Gasteiger partial charge in [-0.2, -0.15) is 12.6 Å². The maximum Gasteiger partial charge on any atom is 0.330 e. The molecule has 0 radical (unpaired) electrons. The maximum atomic E-state index is 11.9. The van der Waals surface area contributed by atoms with Gasteiger partial charge in [-0.05, 0) is 25.2 Å². The Hall–Kier alpha value is -0.970. The smallest absolute Gasteiger partial charge is 0.330 e. The summed E-state index contributed by atoms with van der Waals surface area (Å²) in [5.74, 6) is 0.427. The molecule has 2 aliphatic carbocycles. The highest BCUT2D eigenvalue weighted by Crippen LogP contribution is 2.50. The predicted molar refractivity (Wildman–Crippen MR) is 69.2 cm³/mol. The highest BCUT2D eigenvalue weighted by atomic mass is 32.1. The fourth-order valence-corrected chi connectivity index (χ4v) is 3.23. The molecule has 0 spiro atoms. The highest BCUT2D eigenvalue weighted by Gasteiger charge is 2.51. The second-order valence-electron chi connectivity index (χ2n) is 4.91. The van der Waals surface area contributed by atoms with Crippen LogP contribution in [-0.4, -0.2) is 30.4 Å². The van der Waals surface area contributed by atoms with Crippen LogP contribution in [0, 0.1) is 17.8 Å². The first kappa shape index (κ1) is 13.5. The van der Waals surface area contributed by atoms with E-state index in [2.05, 4.69) is 19.2 Å². The van der Waals surface area contributed by atoms with Gasteiger partial charge in [0, 0.05) is 17.7 Å². The molecule has 5 heteroatoms. The Kier molecular flexibility index (Phi) is 4.32. The molecule has 2 aliphatic rings. The third-order valence-electron chi connectivity index (χ3n) is 3.83. The van der Waals surface area contributed by atoms with E-state index in [0.717, 1.165) is 19.3 Å². The van der Waals surface area contributed by atoms with Crippen LogP contribution in [0.1, 0.15) is 19.3 Å². The van der Waals surface area contributed by atoms with Crippen molar-refractivity contribution in [1.82, 2.24) is 0 Å². The molecule has 18 heavy (non-hydrogen) atoms. The minimum absolute atomic E-state index is 0.117. The van der Waals surface area contributed by atoms with Crippen molar-refractivity contribution in [1.29, 1.82) is 0 Å². The van der Waals surface area contributed by atoms with Gasteiger partial charge in [0.1, 0.15) is 12.7 Å². The third-order valence-corrected chi connectivity index (χ3v) is 4.01. The lowest BCUT2D eigenvalue weighted by Gasteiger charge is -2.27. The van der Waals surface area contributed by atoms with Crippen LogP contribution in [0.3, 0.4) is 0 Å². The molecule has 0 heterocycles. The summed E-state index contributed by atoms with van der Waals surface area (Å²) in [6.07, 6.45) is 3.69. The Morgan fingerprint density at radius 3 is 2.72 bits per heavy atom. The van der Waals surface area contributed by atoms with Crippen molar-refractivity contribution in [2.24, 2.45) is 17.8 Å². The number of hydrogen-bond acceptors (Lipinski definition) is 5. The molecule has 2 bridgehead atoms. The lowest BCUT2D eigenvalue weighted by Crippen LogP contribution is -2.34. The fraction of sp³-hybridized carbons (Fsp3) is 0.692. The van der Waals surface area contributed by atoms with Gasteiger partial charge in [-0.25, -0.2) is 4.79 Å². The van der Waals surface area contributed by atoms with Crippen molar-refractivity contribution in [2.75, 3.05) is 12.4 Å². The highest BCUT2D eigenvalue weighted by molar-refractivity contribution is 7.80. The van der Waals surface area contributed by atoms with E-state index in [1.807, 2.05) is 0 Å². The Balaban J connectivity index is 1.93.